The molecule has 17 heavy (non-hydrogen) atoms. The Morgan fingerprint density at radius 2 is 1.88 bits per heavy atom. The van der Waals surface area contributed by atoms with Gasteiger partial charge in [0.15, 0.2) is 0 Å². The van der Waals surface area contributed by atoms with Crippen LogP contribution in [0.15, 0.2) is 24.3 Å². The molecule has 1 spiro atoms. The van der Waals surface area contributed by atoms with Crippen LogP contribution in [0.5, 0.6) is 0 Å². The van der Waals surface area contributed by atoms with Crippen LogP contribution in [0.2, 0.25) is 0 Å². The van der Waals surface area contributed by atoms with E-state index in [4.69, 9.17) is 0 Å². The fourth-order valence-electron chi connectivity index (χ4n) is 3.06. The molecule has 0 unspecified atom stereocenters. The highest BCUT2D eigenvalue weighted by Crippen LogP contribution is 2.47. The van der Waals surface area contributed by atoms with Crippen molar-refractivity contribution in [3.63, 3.8) is 0 Å². The van der Waals surface area contributed by atoms with Crippen LogP contribution < -0.4 is 4.90 Å². The van der Waals surface area contributed by atoms with Gasteiger partial charge in [-0.05, 0) is 24.5 Å². The third-order valence-corrected chi connectivity index (χ3v) is 4.77. The molecule has 1 aromatic rings. The Bertz CT molecular complexity index is 466. The van der Waals surface area contributed by atoms with E-state index in [0.29, 0.717) is 0 Å². The summed E-state index contributed by atoms with van der Waals surface area (Å²) < 4.78 is 2.12. The summed E-state index contributed by atoms with van der Waals surface area (Å²) in [6.45, 7) is 1.85. The topological polar surface area (TPSA) is 23.6 Å². The number of rotatable bonds is 0. The minimum atomic E-state index is -0.268. The third kappa shape index (κ3) is 1.47. The summed E-state index contributed by atoms with van der Waals surface area (Å²) >= 11 is 3.50. The maximum absolute atomic E-state index is 12.5. The SMILES string of the molecule is CN1C(=O)C2(CCN(Br)CC2)c2ccccc21. The largest absolute Gasteiger partial charge is 0.314 e. The molecule has 1 fully saturated rings. The van der Waals surface area contributed by atoms with Gasteiger partial charge in [-0.2, -0.15) is 0 Å². The highest BCUT2D eigenvalue weighted by atomic mass is 79.9. The molecule has 2 heterocycles. The number of anilines is 1. The van der Waals surface area contributed by atoms with E-state index in [1.807, 2.05) is 30.1 Å². The number of hydrogen-bond donors (Lipinski definition) is 0. The number of hydrogen-bond acceptors (Lipinski definition) is 2. The Morgan fingerprint density at radius 1 is 1.24 bits per heavy atom. The van der Waals surface area contributed by atoms with Gasteiger partial charge in [-0.3, -0.25) is 4.79 Å². The molecule has 1 saturated heterocycles. The minimum absolute atomic E-state index is 0.263. The van der Waals surface area contributed by atoms with E-state index < -0.39 is 0 Å². The third-order valence-electron chi connectivity index (χ3n) is 4.06. The van der Waals surface area contributed by atoms with Crippen LogP contribution in [0.4, 0.5) is 5.69 Å². The second kappa shape index (κ2) is 3.82. The summed E-state index contributed by atoms with van der Waals surface area (Å²) in [5, 5.41) is 0. The molecular formula is C13H15BrN2O. The second-order valence-electron chi connectivity index (χ2n) is 4.87. The number of piperidine rings is 1. The van der Waals surface area contributed by atoms with E-state index in [0.717, 1.165) is 31.6 Å². The number of nitrogens with zero attached hydrogens (tertiary/aromatic N) is 2. The van der Waals surface area contributed by atoms with Crippen LogP contribution in [0, 0.1) is 0 Å². The van der Waals surface area contributed by atoms with Gasteiger partial charge >= 0.3 is 0 Å². The van der Waals surface area contributed by atoms with Gasteiger partial charge in [-0.15, -0.1) is 0 Å². The smallest absolute Gasteiger partial charge is 0.237 e. The number of para-hydroxylation sites is 1. The second-order valence-corrected chi connectivity index (χ2v) is 5.88. The highest BCUT2D eigenvalue weighted by Gasteiger charge is 2.50. The maximum Gasteiger partial charge on any atom is 0.237 e. The van der Waals surface area contributed by atoms with Crippen molar-refractivity contribution < 1.29 is 4.79 Å². The molecule has 1 amide bonds. The number of carbonyl (C=O) groups excluding carboxylic acids is 1. The number of benzene rings is 1. The lowest BCUT2D eigenvalue weighted by Gasteiger charge is -2.35. The van der Waals surface area contributed by atoms with Gasteiger partial charge in [0.05, 0.1) is 5.41 Å². The highest BCUT2D eigenvalue weighted by molar-refractivity contribution is 9.07. The van der Waals surface area contributed by atoms with Crippen LogP contribution in [-0.2, 0) is 10.2 Å². The summed E-state index contributed by atoms with van der Waals surface area (Å²) in [7, 11) is 1.89. The molecule has 0 saturated carbocycles. The maximum atomic E-state index is 12.5. The minimum Gasteiger partial charge on any atom is -0.314 e. The van der Waals surface area contributed by atoms with Crippen molar-refractivity contribution in [2.24, 2.45) is 0 Å². The van der Waals surface area contributed by atoms with Gasteiger partial charge in [-0.1, -0.05) is 18.2 Å². The summed E-state index contributed by atoms with van der Waals surface area (Å²) in [5.41, 5.74) is 2.03. The fraction of sp³-hybridized carbons (Fsp3) is 0.462. The lowest BCUT2D eigenvalue weighted by Crippen LogP contribution is -2.45. The monoisotopic (exact) mass is 294 g/mol. The first-order valence-electron chi connectivity index (χ1n) is 5.93. The molecule has 0 aromatic heterocycles. The molecule has 0 aliphatic carbocycles. The van der Waals surface area contributed by atoms with Crippen molar-refractivity contribution in [2.45, 2.75) is 18.3 Å². The van der Waals surface area contributed by atoms with E-state index in [1.54, 1.807) is 0 Å². The first-order chi connectivity index (χ1) is 8.15. The summed E-state index contributed by atoms with van der Waals surface area (Å²) in [6.07, 6.45) is 1.80. The molecule has 90 valence electrons. The van der Waals surface area contributed by atoms with Crippen LogP contribution in [0.1, 0.15) is 18.4 Å². The Balaban J connectivity index is 2.09. The molecule has 2 aliphatic rings. The van der Waals surface area contributed by atoms with Gasteiger partial charge in [0.1, 0.15) is 0 Å². The number of carbonyl (C=O) groups is 1. The Morgan fingerprint density at radius 3 is 2.59 bits per heavy atom. The first-order valence-corrected chi connectivity index (χ1v) is 6.64. The molecule has 1 aromatic carbocycles. The predicted molar refractivity (Wildman–Crippen MR) is 71.3 cm³/mol. The van der Waals surface area contributed by atoms with Crippen LogP contribution >= 0.6 is 16.1 Å². The van der Waals surface area contributed by atoms with E-state index >= 15 is 0 Å². The lowest BCUT2D eigenvalue weighted by molar-refractivity contribution is -0.124. The zero-order valence-corrected chi connectivity index (χ0v) is 11.4. The summed E-state index contributed by atoms with van der Waals surface area (Å²) in [6, 6.07) is 8.19. The van der Waals surface area contributed by atoms with Crippen molar-refractivity contribution in [2.75, 3.05) is 25.0 Å². The lowest BCUT2D eigenvalue weighted by atomic mass is 9.74. The Labute approximate surface area is 110 Å². The van der Waals surface area contributed by atoms with E-state index in [-0.39, 0.29) is 11.3 Å². The average molecular weight is 295 g/mol. The van der Waals surface area contributed by atoms with Crippen molar-refractivity contribution in [3.05, 3.63) is 29.8 Å². The van der Waals surface area contributed by atoms with Crippen molar-refractivity contribution in [3.8, 4) is 0 Å². The van der Waals surface area contributed by atoms with Gasteiger partial charge in [0, 0.05) is 42.0 Å². The van der Waals surface area contributed by atoms with Crippen molar-refractivity contribution >= 4 is 27.7 Å². The molecular weight excluding hydrogens is 280 g/mol. The predicted octanol–water partition coefficient (Wildman–Crippen LogP) is 2.31. The standard InChI is InChI=1S/C13H15BrN2O/c1-15-11-5-3-2-4-10(11)13(12(15)17)6-8-16(14)9-7-13/h2-5H,6-9H2,1H3. The summed E-state index contributed by atoms with van der Waals surface area (Å²) in [5.74, 6) is 0.263. The molecule has 3 rings (SSSR count). The molecule has 3 nitrogen and oxygen atoms in total. The molecule has 0 radical (unpaired) electrons. The molecule has 0 atom stereocenters. The zero-order chi connectivity index (χ0) is 12.0. The molecule has 0 bridgehead atoms. The number of fused-ring (bicyclic) bond motifs is 2. The molecule has 4 heteroatoms. The first kappa shape index (κ1) is 11.2. The van der Waals surface area contributed by atoms with E-state index in [1.165, 1.54) is 5.56 Å². The Kier molecular flexibility index (Phi) is 2.52. The average Bonchev–Trinajstić information content (AvgIpc) is 2.57. The van der Waals surface area contributed by atoms with Crippen LogP contribution in [0.25, 0.3) is 0 Å². The number of likely N-dealkylation sites (N-methyl/N-ethyl adjacent to an activating group) is 1. The van der Waals surface area contributed by atoms with E-state index in [2.05, 4.69) is 26.1 Å². The molecule has 2 aliphatic heterocycles. The fourth-order valence-corrected chi connectivity index (χ4v) is 3.42. The van der Waals surface area contributed by atoms with E-state index in [9.17, 15) is 4.79 Å². The van der Waals surface area contributed by atoms with Crippen molar-refractivity contribution in [1.82, 2.24) is 3.93 Å². The number of amides is 1. The van der Waals surface area contributed by atoms with Gasteiger partial charge < -0.3 is 4.90 Å². The van der Waals surface area contributed by atoms with Gasteiger partial charge in [0.25, 0.3) is 0 Å². The van der Waals surface area contributed by atoms with Gasteiger partial charge in [0.2, 0.25) is 5.91 Å². The molecule has 0 N–H and O–H groups in total. The normalized spacial score (nSPS) is 23.2. The van der Waals surface area contributed by atoms with Crippen LogP contribution in [0.3, 0.4) is 0 Å². The van der Waals surface area contributed by atoms with Gasteiger partial charge in [-0.25, -0.2) is 3.93 Å². The Hall–Kier alpha value is -0.870. The quantitative estimate of drug-likeness (QED) is 0.686. The van der Waals surface area contributed by atoms with Crippen LogP contribution in [-0.4, -0.2) is 30.0 Å². The summed E-state index contributed by atoms with van der Waals surface area (Å²) in [4.78, 5) is 14.4. The van der Waals surface area contributed by atoms with Crippen molar-refractivity contribution in [1.29, 1.82) is 0 Å². The number of halogens is 1. The zero-order valence-electron chi connectivity index (χ0n) is 9.82.